The molecule has 0 fully saturated rings. The van der Waals surface area contributed by atoms with E-state index in [1.807, 2.05) is 12.1 Å². The zero-order valence-corrected chi connectivity index (χ0v) is 23.0. The minimum absolute atomic E-state index is 0.0221. The highest BCUT2D eigenvalue weighted by Crippen LogP contribution is 2.34. The number of carbonyl (C=O) groups is 1. The molecule has 0 bridgehead atoms. The van der Waals surface area contributed by atoms with E-state index in [0.29, 0.717) is 21.2 Å². The Hall–Kier alpha value is -3.83. The molecule has 0 unspecified atom stereocenters. The lowest BCUT2D eigenvalue weighted by atomic mass is 9.80. The number of benzene rings is 3. The number of anilines is 1. The van der Waals surface area contributed by atoms with Crippen LogP contribution < -0.4 is 10.0 Å². The number of rotatable bonds is 8. The molecule has 5 rings (SSSR count). The first-order valence-corrected chi connectivity index (χ1v) is 14.5. The van der Waals surface area contributed by atoms with Crippen molar-refractivity contribution in [3.8, 4) is 0 Å². The number of hydrogen-bond acceptors (Lipinski definition) is 7. The molecule has 11 heteroatoms. The van der Waals surface area contributed by atoms with Gasteiger partial charge in [0.05, 0.1) is 33.6 Å². The molecular weight excluding hydrogens is 556 g/mol. The van der Waals surface area contributed by atoms with Gasteiger partial charge in [-0.3, -0.25) is 9.52 Å². The molecule has 1 amide bonds. The molecule has 0 aliphatic rings. The molecule has 39 heavy (non-hydrogen) atoms. The van der Waals surface area contributed by atoms with Gasteiger partial charge in [-0.25, -0.2) is 4.98 Å². The SMILES string of the molecule is C[C@@H](NC(=O)c1ccc(Cl)cc1NS(=O)(=O)c1nccc2sncc12)C(O)(c1ccccc1)c1ccccc1. The third-order valence-electron chi connectivity index (χ3n) is 6.37. The molecule has 3 aromatic carbocycles. The first kappa shape index (κ1) is 26.8. The molecule has 2 aromatic heterocycles. The van der Waals surface area contributed by atoms with Crippen LogP contribution in [0.15, 0.2) is 102 Å². The molecule has 0 aliphatic heterocycles. The van der Waals surface area contributed by atoms with Crippen LogP contribution in [-0.2, 0) is 15.6 Å². The summed E-state index contributed by atoms with van der Waals surface area (Å²) in [7, 11) is -4.21. The number of nitrogens with zero attached hydrogens (tertiary/aromatic N) is 2. The van der Waals surface area contributed by atoms with Gasteiger partial charge >= 0.3 is 0 Å². The van der Waals surface area contributed by atoms with Crippen molar-refractivity contribution in [2.75, 3.05) is 4.72 Å². The quantitative estimate of drug-likeness (QED) is 0.233. The van der Waals surface area contributed by atoms with Gasteiger partial charge in [-0.2, -0.15) is 12.8 Å². The Morgan fingerprint density at radius 2 is 1.64 bits per heavy atom. The number of halogens is 1. The van der Waals surface area contributed by atoms with E-state index in [2.05, 4.69) is 19.4 Å². The number of hydrogen-bond donors (Lipinski definition) is 3. The van der Waals surface area contributed by atoms with Crippen molar-refractivity contribution in [2.24, 2.45) is 0 Å². The van der Waals surface area contributed by atoms with E-state index in [1.54, 1.807) is 61.5 Å². The molecular formula is C28H23ClN4O4S2. The van der Waals surface area contributed by atoms with Gasteiger partial charge in [-0.05, 0) is 53.8 Å². The first-order chi connectivity index (χ1) is 18.7. The molecule has 0 spiro atoms. The van der Waals surface area contributed by atoms with Crippen LogP contribution in [0.5, 0.6) is 0 Å². The highest BCUT2D eigenvalue weighted by atomic mass is 35.5. The third kappa shape index (κ3) is 5.24. The van der Waals surface area contributed by atoms with Gasteiger partial charge in [0.1, 0.15) is 5.60 Å². The molecule has 0 aliphatic carbocycles. The summed E-state index contributed by atoms with van der Waals surface area (Å²) in [4.78, 5) is 17.6. The van der Waals surface area contributed by atoms with Gasteiger partial charge in [0.2, 0.25) is 0 Å². The van der Waals surface area contributed by atoms with Crippen LogP contribution in [0, 0.1) is 0 Å². The van der Waals surface area contributed by atoms with Crippen LogP contribution in [0.25, 0.3) is 10.1 Å². The van der Waals surface area contributed by atoms with Gasteiger partial charge in [-0.15, -0.1) is 0 Å². The summed E-state index contributed by atoms with van der Waals surface area (Å²) in [5.41, 5.74) is -0.407. The molecule has 5 aromatic rings. The summed E-state index contributed by atoms with van der Waals surface area (Å²) >= 11 is 7.33. The van der Waals surface area contributed by atoms with E-state index in [9.17, 15) is 18.3 Å². The number of amides is 1. The number of sulfonamides is 1. The second-order valence-electron chi connectivity index (χ2n) is 8.84. The van der Waals surface area contributed by atoms with Gasteiger partial charge < -0.3 is 10.4 Å². The third-order valence-corrected chi connectivity index (χ3v) is 8.70. The maximum Gasteiger partial charge on any atom is 0.280 e. The van der Waals surface area contributed by atoms with Crippen LogP contribution >= 0.6 is 23.1 Å². The summed E-state index contributed by atoms with van der Waals surface area (Å²) in [6.07, 6.45) is 2.82. The van der Waals surface area contributed by atoms with Gasteiger partial charge in [-0.1, -0.05) is 72.3 Å². The maximum absolute atomic E-state index is 13.6. The van der Waals surface area contributed by atoms with Gasteiger partial charge in [0.15, 0.2) is 5.03 Å². The second kappa shape index (κ2) is 10.7. The Bertz CT molecular complexity index is 1710. The predicted molar refractivity (Wildman–Crippen MR) is 152 cm³/mol. The van der Waals surface area contributed by atoms with Crippen LogP contribution in [-0.4, -0.2) is 34.8 Å². The van der Waals surface area contributed by atoms with Crippen molar-refractivity contribution in [3.63, 3.8) is 0 Å². The fourth-order valence-corrected chi connectivity index (χ4v) is 6.49. The van der Waals surface area contributed by atoms with Crippen molar-refractivity contribution in [2.45, 2.75) is 23.6 Å². The molecule has 0 radical (unpaired) electrons. The Morgan fingerprint density at radius 1 is 1.00 bits per heavy atom. The number of fused-ring (bicyclic) bond motifs is 1. The van der Waals surface area contributed by atoms with Crippen molar-refractivity contribution in [3.05, 3.63) is 119 Å². The van der Waals surface area contributed by atoms with Crippen LogP contribution in [0.3, 0.4) is 0 Å². The Kier molecular flexibility index (Phi) is 7.37. The number of aromatic nitrogens is 2. The zero-order valence-electron chi connectivity index (χ0n) is 20.6. The molecule has 0 saturated heterocycles. The molecule has 8 nitrogen and oxygen atoms in total. The average Bonchev–Trinajstić information content (AvgIpc) is 3.42. The minimum Gasteiger partial charge on any atom is -0.378 e. The smallest absolute Gasteiger partial charge is 0.280 e. The molecule has 0 saturated carbocycles. The van der Waals surface area contributed by atoms with Crippen molar-refractivity contribution < 1.29 is 18.3 Å². The minimum atomic E-state index is -4.21. The summed E-state index contributed by atoms with van der Waals surface area (Å²) < 4.78 is 33.8. The summed E-state index contributed by atoms with van der Waals surface area (Å²) in [5, 5.41) is 15.2. The predicted octanol–water partition coefficient (Wildman–Crippen LogP) is 5.20. The normalized spacial score (nSPS) is 12.7. The van der Waals surface area contributed by atoms with E-state index >= 15 is 0 Å². The van der Waals surface area contributed by atoms with Crippen LogP contribution in [0.4, 0.5) is 5.69 Å². The van der Waals surface area contributed by atoms with Gasteiger partial charge in [0.25, 0.3) is 15.9 Å². The van der Waals surface area contributed by atoms with E-state index in [1.165, 1.54) is 30.6 Å². The monoisotopic (exact) mass is 578 g/mol. The van der Waals surface area contributed by atoms with Crippen molar-refractivity contribution >= 4 is 54.8 Å². The molecule has 1 atom stereocenters. The molecule has 3 N–H and O–H groups in total. The van der Waals surface area contributed by atoms with E-state index < -0.39 is 27.6 Å². The highest BCUT2D eigenvalue weighted by molar-refractivity contribution is 7.92. The fourth-order valence-electron chi connectivity index (χ4n) is 4.41. The number of aliphatic hydroxyl groups is 1. The second-order valence-corrected chi connectivity index (χ2v) is 11.7. The fraction of sp³-hybridized carbons (Fsp3) is 0.107. The van der Waals surface area contributed by atoms with E-state index in [-0.39, 0.29) is 21.3 Å². The number of carbonyl (C=O) groups excluding carboxylic acids is 1. The first-order valence-electron chi connectivity index (χ1n) is 11.9. The number of pyridine rings is 1. The zero-order chi connectivity index (χ0) is 27.6. The van der Waals surface area contributed by atoms with Gasteiger partial charge in [0, 0.05) is 11.2 Å². The van der Waals surface area contributed by atoms with Crippen LogP contribution in [0.1, 0.15) is 28.4 Å². The lowest BCUT2D eigenvalue weighted by Crippen LogP contribution is -2.49. The van der Waals surface area contributed by atoms with Crippen molar-refractivity contribution in [1.29, 1.82) is 0 Å². The largest absolute Gasteiger partial charge is 0.378 e. The highest BCUT2D eigenvalue weighted by Gasteiger charge is 2.39. The standard InChI is InChI=1S/C28H23ClN4O4S2/c1-18(28(35,19-8-4-2-5-9-19)20-10-6-3-7-11-20)32-26(34)22-13-12-21(29)16-24(22)33-39(36,37)27-23-17-31-38-25(23)14-15-30-27/h2-18,33,35H,1H3,(H,32,34)/t18-/m1/s1. The Balaban J connectivity index is 1.49. The summed E-state index contributed by atoms with van der Waals surface area (Å²) in [6.45, 7) is 1.69. The van der Waals surface area contributed by atoms with Crippen molar-refractivity contribution in [1.82, 2.24) is 14.7 Å². The Labute approximate surface area is 234 Å². The maximum atomic E-state index is 13.6. The van der Waals surface area contributed by atoms with E-state index in [4.69, 9.17) is 11.6 Å². The lowest BCUT2D eigenvalue weighted by Gasteiger charge is -2.36. The Morgan fingerprint density at radius 3 is 2.28 bits per heavy atom. The summed E-state index contributed by atoms with van der Waals surface area (Å²) in [6, 6.07) is 23.2. The lowest BCUT2D eigenvalue weighted by molar-refractivity contribution is 0.0405. The number of nitrogens with one attached hydrogen (secondary N) is 2. The van der Waals surface area contributed by atoms with Crippen LogP contribution in [0.2, 0.25) is 5.02 Å². The average molecular weight is 579 g/mol. The van der Waals surface area contributed by atoms with E-state index in [0.717, 1.165) is 11.5 Å². The summed E-state index contributed by atoms with van der Waals surface area (Å²) in [5.74, 6) is -0.606. The topological polar surface area (TPSA) is 121 Å². The molecule has 198 valence electrons. The molecule has 2 heterocycles.